The van der Waals surface area contributed by atoms with E-state index in [1.807, 2.05) is 12.1 Å². The van der Waals surface area contributed by atoms with E-state index in [4.69, 9.17) is 33.4 Å². The van der Waals surface area contributed by atoms with Crippen LogP contribution in [0, 0.1) is 0 Å². The van der Waals surface area contributed by atoms with Gasteiger partial charge in [-0.2, -0.15) is 0 Å². The highest BCUT2D eigenvalue weighted by atomic mass is 35.5. The zero-order chi connectivity index (χ0) is 12.7. The minimum atomic E-state index is 0.222. The highest BCUT2D eigenvalue weighted by molar-refractivity contribution is 6.35. The third-order valence-electron chi connectivity index (χ3n) is 2.53. The standard InChI is InChI=1S/C12H7Cl2N3O/c13-7-1-2-8-6(3-7)4-9(18-8)11-10(14)12(15)17-5-16-11/h1-5H,(H2,15,16,17). The predicted molar refractivity (Wildman–Crippen MR) is 71.7 cm³/mol. The average Bonchev–Trinajstić information content (AvgIpc) is 2.75. The second kappa shape index (κ2) is 4.15. The van der Waals surface area contributed by atoms with Gasteiger partial charge in [0.25, 0.3) is 0 Å². The van der Waals surface area contributed by atoms with Crippen molar-refractivity contribution in [3.8, 4) is 11.5 Å². The second-order valence-corrected chi connectivity index (χ2v) is 4.53. The van der Waals surface area contributed by atoms with E-state index in [9.17, 15) is 0 Å². The molecule has 3 rings (SSSR count). The fraction of sp³-hybridized carbons (Fsp3) is 0. The number of nitrogens with two attached hydrogens (primary N) is 1. The molecule has 90 valence electrons. The lowest BCUT2D eigenvalue weighted by Gasteiger charge is -2.00. The van der Waals surface area contributed by atoms with E-state index < -0.39 is 0 Å². The molecule has 2 aromatic heterocycles. The zero-order valence-corrected chi connectivity index (χ0v) is 10.5. The molecule has 2 N–H and O–H groups in total. The summed E-state index contributed by atoms with van der Waals surface area (Å²) in [4.78, 5) is 7.88. The lowest BCUT2D eigenvalue weighted by molar-refractivity contribution is 0.628. The van der Waals surface area contributed by atoms with Crippen LogP contribution in [0.15, 0.2) is 35.0 Å². The van der Waals surface area contributed by atoms with E-state index in [0.717, 1.165) is 5.39 Å². The minimum absolute atomic E-state index is 0.222. The first-order valence-corrected chi connectivity index (χ1v) is 5.86. The molecule has 0 aliphatic rings. The Morgan fingerprint density at radius 1 is 1.11 bits per heavy atom. The predicted octanol–water partition coefficient (Wildman–Crippen LogP) is 3.78. The molecule has 4 nitrogen and oxygen atoms in total. The van der Waals surface area contributed by atoms with Crippen molar-refractivity contribution in [2.75, 3.05) is 5.73 Å². The first-order valence-electron chi connectivity index (χ1n) is 5.10. The zero-order valence-electron chi connectivity index (χ0n) is 9.02. The Hall–Kier alpha value is -1.78. The van der Waals surface area contributed by atoms with Crippen LogP contribution < -0.4 is 5.73 Å². The summed E-state index contributed by atoms with van der Waals surface area (Å²) in [5, 5.41) is 1.80. The third-order valence-corrected chi connectivity index (χ3v) is 3.14. The molecule has 0 unspecified atom stereocenters. The number of furan rings is 1. The van der Waals surface area contributed by atoms with Crippen molar-refractivity contribution in [1.82, 2.24) is 9.97 Å². The van der Waals surface area contributed by atoms with Crippen molar-refractivity contribution in [2.45, 2.75) is 0 Å². The quantitative estimate of drug-likeness (QED) is 0.736. The largest absolute Gasteiger partial charge is 0.454 e. The molecule has 0 radical (unpaired) electrons. The summed E-state index contributed by atoms with van der Waals surface area (Å²) in [5.41, 5.74) is 6.81. The van der Waals surface area contributed by atoms with E-state index >= 15 is 0 Å². The van der Waals surface area contributed by atoms with Gasteiger partial charge >= 0.3 is 0 Å². The fourth-order valence-corrected chi connectivity index (χ4v) is 2.06. The Morgan fingerprint density at radius 3 is 2.78 bits per heavy atom. The number of hydrogen-bond acceptors (Lipinski definition) is 4. The smallest absolute Gasteiger partial charge is 0.155 e. The normalized spacial score (nSPS) is 11.0. The molecule has 0 aliphatic heterocycles. The van der Waals surface area contributed by atoms with Gasteiger partial charge in [0.2, 0.25) is 0 Å². The fourth-order valence-electron chi connectivity index (χ4n) is 1.69. The number of halogens is 2. The van der Waals surface area contributed by atoms with Gasteiger partial charge in [0.1, 0.15) is 28.4 Å². The summed E-state index contributed by atoms with van der Waals surface area (Å²) in [7, 11) is 0. The van der Waals surface area contributed by atoms with E-state index in [2.05, 4.69) is 9.97 Å². The molecule has 18 heavy (non-hydrogen) atoms. The molecule has 0 atom stereocenters. The molecule has 0 saturated carbocycles. The number of nitrogens with zero attached hydrogens (tertiary/aromatic N) is 2. The van der Waals surface area contributed by atoms with Gasteiger partial charge in [0, 0.05) is 10.4 Å². The highest BCUT2D eigenvalue weighted by Crippen LogP contribution is 2.33. The van der Waals surface area contributed by atoms with Gasteiger partial charge in [-0.15, -0.1) is 0 Å². The lowest BCUT2D eigenvalue weighted by Crippen LogP contribution is -1.94. The van der Waals surface area contributed by atoms with E-state index in [1.54, 1.807) is 12.1 Å². The lowest BCUT2D eigenvalue weighted by atomic mass is 10.2. The van der Waals surface area contributed by atoms with Crippen LogP contribution in [-0.4, -0.2) is 9.97 Å². The number of benzene rings is 1. The Bertz CT molecular complexity index is 739. The van der Waals surface area contributed by atoms with Gasteiger partial charge < -0.3 is 10.2 Å². The number of fused-ring (bicyclic) bond motifs is 1. The number of rotatable bonds is 1. The summed E-state index contributed by atoms with van der Waals surface area (Å²) in [6.45, 7) is 0. The number of nitrogen functional groups attached to an aromatic ring is 1. The molecule has 0 amide bonds. The molecule has 3 aromatic rings. The Balaban J connectivity index is 2.22. The first-order chi connectivity index (χ1) is 8.65. The average molecular weight is 280 g/mol. The van der Waals surface area contributed by atoms with E-state index in [1.165, 1.54) is 6.33 Å². The maximum absolute atomic E-state index is 6.05. The molecule has 0 spiro atoms. The summed E-state index contributed by atoms with van der Waals surface area (Å²) in [6, 6.07) is 7.17. The van der Waals surface area contributed by atoms with Crippen LogP contribution in [0.1, 0.15) is 0 Å². The molecule has 0 fully saturated rings. The number of anilines is 1. The molecule has 2 heterocycles. The topological polar surface area (TPSA) is 64.9 Å². The maximum atomic E-state index is 6.05. The molecule has 6 heteroatoms. The van der Waals surface area contributed by atoms with Crippen LogP contribution in [0.2, 0.25) is 10.0 Å². The molecule has 0 bridgehead atoms. The van der Waals surface area contributed by atoms with Gasteiger partial charge in [-0.3, -0.25) is 0 Å². The van der Waals surface area contributed by atoms with Gasteiger partial charge in [-0.1, -0.05) is 23.2 Å². The van der Waals surface area contributed by atoms with E-state index in [-0.39, 0.29) is 10.8 Å². The molecular formula is C12H7Cl2N3O. The monoisotopic (exact) mass is 279 g/mol. The van der Waals surface area contributed by atoms with Crippen molar-refractivity contribution < 1.29 is 4.42 Å². The van der Waals surface area contributed by atoms with Crippen molar-refractivity contribution in [3.05, 3.63) is 40.6 Å². The SMILES string of the molecule is Nc1ncnc(-c2cc3cc(Cl)ccc3o2)c1Cl. The number of hydrogen-bond donors (Lipinski definition) is 1. The van der Waals surface area contributed by atoms with Crippen LogP contribution in [0.3, 0.4) is 0 Å². The van der Waals surface area contributed by atoms with E-state index in [0.29, 0.717) is 22.1 Å². The van der Waals surface area contributed by atoms with Crippen LogP contribution in [0.4, 0.5) is 5.82 Å². The van der Waals surface area contributed by atoms with Crippen molar-refractivity contribution >= 4 is 40.0 Å². The molecular weight excluding hydrogens is 273 g/mol. The Kier molecular flexibility index (Phi) is 2.61. The van der Waals surface area contributed by atoms with Crippen molar-refractivity contribution in [1.29, 1.82) is 0 Å². The Morgan fingerprint density at radius 2 is 1.94 bits per heavy atom. The van der Waals surface area contributed by atoms with Crippen molar-refractivity contribution in [2.24, 2.45) is 0 Å². The van der Waals surface area contributed by atoms with Gasteiger partial charge in [0.15, 0.2) is 5.76 Å². The summed E-state index contributed by atoms with van der Waals surface area (Å²) in [6.07, 6.45) is 1.34. The summed E-state index contributed by atoms with van der Waals surface area (Å²) < 4.78 is 5.66. The highest BCUT2D eigenvalue weighted by Gasteiger charge is 2.13. The van der Waals surface area contributed by atoms with Crippen LogP contribution in [0.25, 0.3) is 22.4 Å². The molecule has 0 saturated heterocycles. The summed E-state index contributed by atoms with van der Waals surface area (Å²) >= 11 is 12.0. The molecule has 1 aromatic carbocycles. The second-order valence-electron chi connectivity index (χ2n) is 3.71. The molecule has 0 aliphatic carbocycles. The van der Waals surface area contributed by atoms with Crippen LogP contribution in [0.5, 0.6) is 0 Å². The van der Waals surface area contributed by atoms with Crippen LogP contribution >= 0.6 is 23.2 Å². The van der Waals surface area contributed by atoms with Gasteiger partial charge in [-0.05, 0) is 24.3 Å². The van der Waals surface area contributed by atoms with Gasteiger partial charge in [-0.25, -0.2) is 9.97 Å². The number of aromatic nitrogens is 2. The Labute approximate surface area is 112 Å². The van der Waals surface area contributed by atoms with Crippen LogP contribution in [-0.2, 0) is 0 Å². The minimum Gasteiger partial charge on any atom is -0.454 e. The summed E-state index contributed by atoms with van der Waals surface area (Å²) in [5.74, 6) is 0.756. The van der Waals surface area contributed by atoms with Gasteiger partial charge in [0.05, 0.1) is 0 Å². The maximum Gasteiger partial charge on any atom is 0.155 e. The first kappa shape index (κ1) is 11.3. The third kappa shape index (κ3) is 1.79. The van der Waals surface area contributed by atoms with Crippen molar-refractivity contribution in [3.63, 3.8) is 0 Å².